The quantitative estimate of drug-likeness (QED) is 0.613. The second-order valence-corrected chi connectivity index (χ2v) is 5.99. The van der Waals surface area contributed by atoms with Gasteiger partial charge in [0.05, 0.1) is 11.9 Å². The van der Waals surface area contributed by atoms with Crippen LogP contribution in [0.5, 0.6) is 0 Å². The van der Waals surface area contributed by atoms with Crippen LogP contribution in [-0.4, -0.2) is 22.4 Å². The molecule has 5 heteroatoms. The SMILES string of the molecule is O=C(NCCCc1ccccc1)c1ccc(NCc2cccnc2)cn1. The van der Waals surface area contributed by atoms with Crippen molar-refractivity contribution in [2.24, 2.45) is 0 Å². The van der Waals surface area contributed by atoms with Gasteiger partial charge in [-0.2, -0.15) is 0 Å². The van der Waals surface area contributed by atoms with Crippen LogP contribution < -0.4 is 10.6 Å². The minimum Gasteiger partial charge on any atom is -0.380 e. The molecule has 2 aromatic heterocycles. The maximum absolute atomic E-state index is 12.1. The first-order valence-electron chi connectivity index (χ1n) is 8.72. The first-order chi connectivity index (χ1) is 12.8. The Morgan fingerprint density at radius 1 is 0.923 bits per heavy atom. The van der Waals surface area contributed by atoms with E-state index >= 15 is 0 Å². The van der Waals surface area contributed by atoms with Crippen LogP contribution >= 0.6 is 0 Å². The summed E-state index contributed by atoms with van der Waals surface area (Å²) in [6.45, 7) is 1.30. The topological polar surface area (TPSA) is 66.9 Å². The highest BCUT2D eigenvalue weighted by Gasteiger charge is 2.06. The van der Waals surface area contributed by atoms with Crippen LogP contribution in [0, 0.1) is 0 Å². The molecule has 3 rings (SSSR count). The van der Waals surface area contributed by atoms with Gasteiger partial charge in [-0.15, -0.1) is 0 Å². The maximum atomic E-state index is 12.1. The van der Waals surface area contributed by atoms with Crippen molar-refractivity contribution in [3.8, 4) is 0 Å². The number of aryl methyl sites for hydroxylation is 1. The van der Waals surface area contributed by atoms with Gasteiger partial charge in [0.2, 0.25) is 0 Å². The van der Waals surface area contributed by atoms with Gasteiger partial charge in [-0.1, -0.05) is 36.4 Å². The highest BCUT2D eigenvalue weighted by Crippen LogP contribution is 2.08. The molecule has 0 fully saturated rings. The lowest BCUT2D eigenvalue weighted by atomic mass is 10.1. The zero-order chi connectivity index (χ0) is 18.0. The molecule has 0 unspecified atom stereocenters. The van der Waals surface area contributed by atoms with Crippen LogP contribution in [0.25, 0.3) is 0 Å². The molecule has 0 aliphatic heterocycles. The highest BCUT2D eigenvalue weighted by atomic mass is 16.1. The van der Waals surface area contributed by atoms with Gasteiger partial charge >= 0.3 is 0 Å². The van der Waals surface area contributed by atoms with Crippen LogP contribution in [0.2, 0.25) is 0 Å². The molecule has 5 nitrogen and oxygen atoms in total. The number of rotatable bonds is 8. The van der Waals surface area contributed by atoms with Crippen LogP contribution in [-0.2, 0) is 13.0 Å². The predicted octanol–water partition coefficient (Wildman–Crippen LogP) is 3.45. The minimum absolute atomic E-state index is 0.142. The Morgan fingerprint density at radius 3 is 2.50 bits per heavy atom. The van der Waals surface area contributed by atoms with Gasteiger partial charge in [0, 0.05) is 25.5 Å². The van der Waals surface area contributed by atoms with Crippen LogP contribution in [0.15, 0.2) is 73.2 Å². The molecule has 0 aliphatic rings. The van der Waals surface area contributed by atoms with Gasteiger partial charge in [0.1, 0.15) is 5.69 Å². The van der Waals surface area contributed by atoms with E-state index < -0.39 is 0 Å². The fourth-order valence-electron chi connectivity index (χ4n) is 2.57. The van der Waals surface area contributed by atoms with Gasteiger partial charge in [0.15, 0.2) is 0 Å². The molecule has 132 valence electrons. The van der Waals surface area contributed by atoms with Crippen molar-refractivity contribution >= 4 is 11.6 Å². The van der Waals surface area contributed by atoms with Crippen LogP contribution in [0.4, 0.5) is 5.69 Å². The minimum atomic E-state index is -0.142. The Bertz CT molecular complexity index is 804. The lowest BCUT2D eigenvalue weighted by Gasteiger charge is -2.08. The Balaban J connectivity index is 1.41. The summed E-state index contributed by atoms with van der Waals surface area (Å²) in [5.74, 6) is -0.142. The van der Waals surface area contributed by atoms with Gasteiger partial charge in [0.25, 0.3) is 5.91 Å². The average Bonchev–Trinajstić information content (AvgIpc) is 2.71. The van der Waals surface area contributed by atoms with E-state index in [1.54, 1.807) is 18.5 Å². The standard InChI is InChI=1S/C21H22N4O/c26-21(23-13-5-8-17-6-2-1-3-7-17)20-11-10-19(16-25-20)24-15-18-9-4-12-22-14-18/h1-4,6-7,9-12,14,16,24H,5,8,13,15H2,(H,23,26). The number of benzene rings is 1. The molecule has 0 radical (unpaired) electrons. The number of nitrogens with one attached hydrogen (secondary N) is 2. The summed E-state index contributed by atoms with van der Waals surface area (Å²) in [7, 11) is 0. The molecular weight excluding hydrogens is 324 g/mol. The molecule has 0 aliphatic carbocycles. The third-order valence-electron chi connectivity index (χ3n) is 3.99. The molecule has 26 heavy (non-hydrogen) atoms. The Hall–Kier alpha value is -3.21. The average molecular weight is 346 g/mol. The fraction of sp³-hybridized carbons (Fsp3) is 0.190. The molecule has 0 saturated carbocycles. The van der Waals surface area contributed by atoms with Crippen LogP contribution in [0.3, 0.4) is 0 Å². The molecular formula is C21H22N4O. The molecule has 0 saturated heterocycles. The lowest BCUT2D eigenvalue weighted by molar-refractivity contribution is 0.0948. The smallest absolute Gasteiger partial charge is 0.269 e. The van der Waals surface area contributed by atoms with E-state index in [9.17, 15) is 4.79 Å². The van der Waals surface area contributed by atoms with Gasteiger partial charge in [-0.05, 0) is 42.2 Å². The molecule has 2 N–H and O–H groups in total. The molecule has 0 spiro atoms. The number of carbonyl (C=O) groups is 1. The van der Waals surface area contributed by atoms with E-state index in [1.807, 2.05) is 42.6 Å². The first-order valence-corrected chi connectivity index (χ1v) is 8.72. The van der Waals surface area contributed by atoms with E-state index in [0.717, 1.165) is 24.1 Å². The zero-order valence-electron chi connectivity index (χ0n) is 14.6. The van der Waals surface area contributed by atoms with Gasteiger partial charge < -0.3 is 10.6 Å². The number of amides is 1. The second kappa shape index (κ2) is 9.32. The van der Waals surface area contributed by atoms with Crippen molar-refractivity contribution < 1.29 is 4.79 Å². The summed E-state index contributed by atoms with van der Waals surface area (Å²) in [6, 6.07) is 17.8. The number of hydrogen-bond donors (Lipinski definition) is 2. The number of anilines is 1. The molecule has 1 aromatic carbocycles. The summed E-state index contributed by atoms with van der Waals surface area (Å²) in [5.41, 5.74) is 3.67. The maximum Gasteiger partial charge on any atom is 0.269 e. The second-order valence-electron chi connectivity index (χ2n) is 5.99. The third-order valence-corrected chi connectivity index (χ3v) is 3.99. The molecule has 3 aromatic rings. The Labute approximate surface area is 153 Å². The normalized spacial score (nSPS) is 10.3. The third kappa shape index (κ3) is 5.41. The number of pyridine rings is 2. The van der Waals surface area contributed by atoms with Crippen molar-refractivity contribution in [2.75, 3.05) is 11.9 Å². The number of aromatic nitrogens is 2. The summed E-state index contributed by atoms with van der Waals surface area (Å²) >= 11 is 0. The number of carbonyl (C=O) groups excluding carboxylic acids is 1. The lowest BCUT2D eigenvalue weighted by Crippen LogP contribution is -2.25. The van der Waals surface area contributed by atoms with Crippen molar-refractivity contribution in [1.29, 1.82) is 0 Å². The van der Waals surface area contributed by atoms with E-state index in [-0.39, 0.29) is 5.91 Å². The van der Waals surface area contributed by atoms with E-state index in [1.165, 1.54) is 5.56 Å². The van der Waals surface area contributed by atoms with E-state index in [4.69, 9.17) is 0 Å². The van der Waals surface area contributed by atoms with Gasteiger partial charge in [-0.3, -0.25) is 9.78 Å². The molecule has 2 heterocycles. The largest absolute Gasteiger partial charge is 0.380 e. The summed E-state index contributed by atoms with van der Waals surface area (Å²) in [6.07, 6.45) is 7.09. The fourth-order valence-corrected chi connectivity index (χ4v) is 2.57. The summed E-state index contributed by atoms with van der Waals surface area (Å²) in [5, 5.41) is 6.18. The Kier molecular flexibility index (Phi) is 6.31. The van der Waals surface area contributed by atoms with Crippen molar-refractivity contribution in [2.45, 2.75) is 19.4 Å². The number of nitrogens with zero attached hydrogens (tertiary/aromatic N) is 2. The molecule has 0 atom stereocenters. The molecule has 1 amide bonds. The van der Waals surface area contributed by atoms with Crippen molar-refractivity contribution in [3.63, 3.8) is 0 Å². The number of hydrogen-bond acceptors (Lipinski definition) is 4. The van der Waals surface area contributed by atoms with Gasteiger partial charge in [-0.25, -0.2) is 4.98 Å². The molecule has 0 bridgehead atoms. The zero-order valence-corrected chi connectivity index (χ0v) is 14.6. The van der Waals surface area contributed by atoms with Crippen molar-refractivity contribution in [1.82, 2.24) is 15.3 Å². The Morgan fingerprint density at radius 2 is 1.77 bits per heavy atom. The van der Waals surface area contributed by atoms with Crippen LogP contribution in [0.1, 0.15) is 28.0 Å². The summed E-state index contributed by atoms with van der Waals surface area (Å²) in [4.78, 5) is 20.5. The highest BCUT2D eigenvalue weighted by molar-refractivity contribution is 5.92. The first kappa shape index (κ1) is 17.6. The van der Waals surface area contributed by atoms with E-state index in [0.29, 0.717) is 18.8 Å². The van der Waals surface area contributed by atoms with E-state index in [2.05, 4.69) is 32.7 Å². The van der Waals surface area contributed by atoms with Crippen molar-refractivity contribution in [3.05, 3.63) is 90.0 Å². The predicted molar refractivity (Wildman–Crippen MR) is 103 cm³/mol. The monoisotopic (exact) mass is 346 g/mol. The summed E-state index contributed by atoms with van der Waals surface area (Å²) < 4.78 is 0.